The van der Waals surface area contributed by atoms with Gasteiger partial charge in [-0.25, -0.2) is 4.79 Å². The fourth-order valence-corrected chi connectivity index (χ4v) is 4.92. The topological polar surface area (TPSA) is 90.3 Å². The summed E-state index contributed by atoms with van der Waals surface area (Å²) in [6, 6.07) is 9.14. The Morgan fingerprint density at radius 2 is 1.97 bits per heavy atom. The summed E-state index contributed by atoms with van der Waals surface area (Å²) in [5.74, 6) is -0.239. The van der Waals surface area contributed by atoms with E-state index in [1.165, 1.54) is 0 Å². The molecule has 30 heavy (non-hydrogen) atoms. The van der Waals surface area contributed by atoms with Gasteiger partial charge in [-0.1, -0.05) is 44.2 Å². The number of amides is 2. The van der Waals surface area contributed by atoms with E-state index in [1.54, 1.807) is 9.80 Å². The van der Waals surface area contributed by atoms with Crippen LogP contribution in [0, 0.1) is 11.8 Å². The molecule has 2 saturated heterocycles. The second-order valence-corrected chi connectivity index (χ2v) is 8.85. The predicted octanol–water partition coefficient (Wildman–Crippen LogP) is 2.58. The minimum Gasteiger partial charge on any atom is -0.449 e. The van der Waals surface area contributed by atoms with Crippen molar-refractivity contribution in [3.63, 3.8) is 0 Å². The van der Waals surface area contributed by atoms with Crippen LogP contribution in [0.4, 0.5) is 4.79 Å². The van der Waals surface area contributed by atoms with Crippen LogP contribution in [0.15, 0.2) is 30.3 Å². The molecule has 3 rings (SSSR count). The fraction of sp³-hybridized carbons (Fsp3) is 0.652. The number of likely N-dealkylation sites (tertiary alicyclic amines) is 2. The maximum atomic E-state index is 13.7. The lowest BCUT2D eigenvalue weighted by molar-refractivity contribution is -0.143. The lowest BCUT2D eigenvalue weighted by Crippen LogP contribution is -2.58. The molecule has 7 heteroatoms. The van der Waals surface area contributed by atoms with Gasteiger partial charge in [-0.3, -0.25) is 9.69 Å². The molecule has 0 radical (unpaired) electrons. The van der Waals surface area contributed by atoms with E-state index in [9.17, 15) is 19.8 Å². The number of rotatable bonds is 6. The van der Waals surface area contributed by atoms with Gasteiger partial charge in [0.25, 0.3) is 0 Å². The number of ether oxygens (including phenoxy) is 1. The van der Waals surface area contributed by atoms with Crippen LogP contribution in [0.3, 0.4) is 0 Å². The maximum Gasteiger partial charge on any atom is 0.411 e. The molecule has 7 nitrogen and oxygen atoms in total. The van der Waals surface area contributed by atoms with Gasteiger partial charge in [0.2, 0.25) is 5.91 Å². The number of carbonyl (C=O) groups excluding carboxylic acids is 2. The first kappa shape index (κ1) is 22.6. The Morgan fingerprint density at radius 3 is 2.60 bits per heavy atom. The van der Waals surface area contributed by atoms with Gasteiger partial charge in [-0.2, -0.15) is 0 Å². The number of hydrogen-bond acceptors (Lipinski definition) is 5. The van der Waals surface area contributed by atoms with Crippen LogP contribution >= 0.6 is 0 Å². The standard InChI is InChI=1S/C23H34N2O5/c1-17(2)16-30-22(29)25-20(18-8-4-3-5-9-18)19(15-27)14-23(25)10-6-7-11-24(12-13-26)21(23)28/h3-5,8-9,17,19-20,26-27H,6-7,10-16H2,1-2H3/t19-,20+,23+/m1/s1. The molecule has 166 valence electrons. The average Bonchev–Trinajstić information content (AvgIpc) is 3.01. The summed E-state index contributed by atoms with van der Waals surface area (Å²) >= 11 is 0. The molecule has 0 saturated carbocycles. The number of benzene rings is 1. The minimum absolute atomic E-state index is 0.120. The van der Waals surface area contributed by atoms with Crippen molar-refractivity contribution >= 4 is 12.0 Å². The molecular formula is C23H34N2O5. The van der Waals surface area contributed by atoms with Crippen LogP contribution in [-0.2, 0) is 9.53 Å². The smallest absolute Gasteiger partial charge is 0.411 e. The lowest BCUT2D eigenvalue weighted by atomic mass is 9.86. The van der Waals surface area contributed by atoms with Gasteiger partial charge >= 0.3 is 6.09 Å². The molecule has 1 aromatic carbocycles. The summed E-state index contributed by atoms with van der Waals surface area (Å²) in [5.41, 5.74) is -0.172. The summed E-state index contributed by atoms with van der Waals surface area (Å²) in [4.78, 5) is 30.4. The molecule has 2 heterocycles. The van der Waals surface area contributed by atoms with Crippen molar-refractivity contribution in [2.45, 2.75) is 51.1 Å². The zero-order chi connectivity index (χ0) is 21.7. The van der Waals surface area contributed by atoms with Crippen molar-refractivity contribution in [3.8, 4) is 0 Å². The highest BCUT2D eigenvalue weighted by atomic mass is 16.6. The van der Waals surface area contributed by atoms with Crippen LogP contribution < -0.4 is 0 Å². The van der Waals surface area contributed by atoms with Crippen LogP contribution in [0.1, 0.15) is 51.1 Å². The van der Waals surface area contributed by atoms with Gasteiger partial charge in [-0.05, 0) is 37.2 Å². The molecule has 0 unspecified atom stereocenters. The molecule has 1 spiro atoms. The second-order valence-electron chi connectivity index (χ2n) is 8.85. The number of β-amino-alcohol motifs (C(OH)–C–C–N with tert-alkyl or cyclic N) is 1. The van der Waals surface area contributed by atoms with Crippen molar-refractivity contribution in [1.82, 2.24) is 9.80 Å². The second kappa shape index (κ2) is 9.79. The summed E-state index contributed by atoms with van der Waals surface area (Å²) in [7, 11) is 0. The number of aliphatic hydroxyl groups is 2. The molecule has 0 bridgehead atoms. The highest BCUT2D eigenvalue weighted by molar-refractivity contribution is 5.91. The molecule has 0 aliphatic carbocycles. The van der Waals surface area contributed by atoms with Gasteiger partial charge in [0.15, 0.2) is 0 Å². The molecule has 2 aliphatic heterocycles. The molecule has 1 aromatic rings. The third-order valence-electron chi connectivity index (χ3n) is 6.22. The number of hydrogen-bond donors (Lipinski definition) is 2. The lowest BCUT2D eigenvalue weighted by Gasteiger charge is -2.40. The normalized spacial score (nSPS) is 27.0. The van der Waals surface area contributed by atoms with Crippen LogP contribution in [0.5, 0.6) is 0 Å². The quantitative estimate of drug-likeness (QED) is 0.741. The average molecular weight is 419 g/mol. The largest absolute Gasteiger partial charge is 0.449 e. The summed E-state index contributed by atoms with van der Waals surface area (Å²) < 4.78 is 5.63. The Balaban J connectivity index is 2.07. The third-order valence-corrected chi connectivity index (χ3v) is 6.22. The number of carbonyl (C=O) groups is 2. The van der Waals surface area contributed by atoms with Crippen molar-refractivity contribution in [2.24, 2.45) is 11.8 Å². The van der Waals surface area contributed by atoms with E-state index < -0.39 is 17.7 Å². The van der Waals surface area contributed by atoms with E-state index in [-0.39, 0.29) is 44.1 Å². The van der Waals surface area contributed by atoms with Crippen LogP contribution in [-0.4, -0.2) is 70.5 Å². The van der Waals surface area contributed by atoms with Crippen LogP contribution in [0.2, 0.25) is 0 Å². The maximum absolute atomic E-state index is 13.7. The molecule has 2 fully saturated rings. The molecular weight excluding hydrogens is 384 g/mol. The Kier molecular flexibility index (Phi) is 7.36. The Morgan fingerprint density at radius 1 is 1.23 bits per heavy atom. The molecule has 2 aliphatic rings. The highest BCUT2D eigenvalue weighted by Crippen LogP contribution is 2.50. The SMILES string of the molecule is CC(C)COC(=O)N1[C@@H](c2ccccc2)[C@@H](CO)C[C@]12CCCCN(CCO)C2=O. The van der Waals surface area contributed by atoms with Gasteiger partial charge in [0.1, 0.15) is 5.54 Å². The van der Waals surface area contributed by atoms with E-state index >= 15 is 0 Å². The van der Waals surface area contributed by atoms with Crippen LogP contribution in [0.25, 0.3) is 0 Å². The van der Waals surface area contributed by atoms with E-state index in [2.05, 4.69) is 0 Å². The van der Waals surface area contributed by atoms with E-state index in [1.807, 2.05) is 44.2 Å². The predicted molar refractivity (Wildman–Crippen MR) is 113 cm³/mol. The van der Waals surface area contributed by atoms with Gasteiger partial charge in [0.05, 0.1) is 19.3 Å². The zero-order valence-electron chi connectivity index (χ0n) is 18.0. The first-order valence-electron chi connectivity index (χ1n) is 11.0. The fourth-order valence-electron chi connectivity index (χ4n) is 4.92. The summed E-state index contributed by atoms with van der Waals surface area (Å²) in [6.45, 7) is 4.78. The van der Waals surface area contributed by atoms with Gasteiger partial charge in [-0.15, -0.1) is 0 Å². The minimum atomic E-state index is -1.06. The van der Waals surface area contributed by atoms with Crippen molar-refractivity contribution < 1.29 is 24.5 Å². The Hall–Kier alpha value is -2.12. The molecule has 0 aromatic heterocycles. The summed E-state index contributed by atoms with van der Waals surface area (Å²) in [6.07, 6.45) is 2.03. The molecule has 2 N–H and O–H groups in total. The van der Waals surface area contributed by atoms with E-state index in [0.29, 0.717) is 19.4 Å². The number of nitrogens with zero attached hydrogens (tertiary/aromatic N) is 2. The van der Waals surface area contributed by atoms with Gasteiger partial charge < -0.3 is 19.8 Å². The summed E-state index contributed by atoms with van der Waals surface area (Å²) in [5, 5.41) is 19.7. The molecule has 2 amide bonds. The first-order valence-corrected chi connectivity index (χ1v) is 11.0. The molecule has 3 atom stereocenters. The van der Waals surface area contributed by atoms with E-state index in [0.717, 1.165) is 18.4 Å². The number of aliphatic hydroxyl groups excluding tert-OH is 2. The van der Waals surface area contributed by atoms with Crippen molar-refractivity contribution in [2.75, 3.05) is 32.9 Å². The first-order chi connectivity index (χ1) is 14.4. The highest BCUT2D eigenvalue weighted by Gasteiger charge is 2.60. The monoisotopic (exact) mass is 418 g/mol. The zero-order valence-corrected chi connectivity index (χ0v) is 18.0. The van der Waals surface area contributed by atoms with Crippen molar-refractivity contribution in [1.29, 1.82) is 0 Å². The van der Waals surface area contributed by atoms with Gasteiger partial charge in [0, 0.05) is 25.6 Å². The van der Waals surface area contributed by atoms with Crippen molar-refractivity contribution in [3.05, 3.63) is 35.9 Å². The Bertz CT molecular complexity index is 726. The Labute approximate surface area is 178 Å². The van der Waals surface area contributed by atoms with E-state index in [4.69, 9.17) is 4.74 Å². The third kappa shape index (κ3) is 4.32.